The summed E-state index contributed by atoms with van der Waals surface area (Å²) in [6, 6.07) is 4.74. The number of oxime groups is 1. The van der Waals surface area contributed by atoms with E-state index in [0.29, 0.717) is 31.0 Å². The van der Waals surface area contributed by atoms with Gasteiger partial charge in [0.05, 0.1) is 11.4 Å². The van der Waals surface area contributed by atoms with Crippen LogP contribution in [0.3, 0.4) is 0 Å². The third-order valence-electron chi connectivity index (χ3n) is 5.08. The van der Waals surface area contributed by atoms with Gasteiger partial charge in [-0.1, -0.05) is 5.16 Å². The first-order chi connectivity index (χ1) is 12.4. The smallest absolute Gasteiger partial charge is 0.269 e. The lowest BCUT2D eigenvalue weighted by Gasteiger charge is -2.21. The minimum Gasteiger partial charge on any atom is -0.387 e. The Balaban J connectivity index is 1.40. The van der Waals surface area contributed by atoms with Gasteiger partial charge in [0.15, 0.2) is 5.60 Å². The Kier molecular flexibility index (Phi) is 4.23. The van der Waals surface area contributed by atoms with Crippen molar-refractivity contribution in [3.63, 3.8) is 0 Å². The summed E-state index contributed by atoms with van der Waals surface area (Å²) in [4.78, 5) is 17.7. The maximum atomic E-state index is 13.0. The first-order valence-electron chi connectivity index (χ1n) is 8.67. The highest BCUT2D eigenvalue weighted by Crippen LogP contribution is 2.36. The van der Waals surface area contributed by atoms with Crippen LogP contribution >= 0.6 is 0 Å². The molecule has 2 fully saturated rings. The molecular weight excluding hydrogens is 361 g/mol. The molecule has 1 atom stereocenters. The number of nitrogens with zero attached hydrogens (tertiary/aromatic N) is 2. The van der Waals surface area contributed by atoms with Crippen LogP contribution in [0.4, 0.5) is 4.39 Å². The van der Waals surface area contributed by atoms with Crippen LogP contribution < -0.4 is 5.32 Å². The quantitative estimate of drug-likeness (QED) is 0.832. The zero-order chi connectivity index (χ0) is 18.4. The Labute approximate surface area is 151 Å². The standard InChI is InChI=1S/C17H20FN3O4S/c18-13-3-5-14(6-4-13)26(23,24)21-8-7-17(11-21)9-15(20-25-17)16(22)19-10-12-1-2-12/h3-6,12H,1-2,7-11H2,(H,19,22). The molecule has 1 aromatic rings. The number of nitrogens with one attached hydrogen (secondary N) is 1. The van der Waals surface area contributed by atoms with E-state index >= 15 is 0 Å². The summed E-state index contributed by atoms with van der Waals surface area (Å²) in [7, 11) is -3.73. The molecule has 3 aliphatic rings. The molecule has 1 saturated heterocycles. The predicted octanol–water partition coefficient (Wildman–Crippen LogP) is 1.26. The van der Waals surface area contributed by atoms with Gasteiger partial charge in [0.25, 0.3) is 5.91 Å². The van der Waals surface area contributed by atoms with Gasteiger partial charge in [-0.2, -0.15) is 4.31 Å². The average Bonchev–Trinajstić information content (AvgIpc) is 3.21. The SMILES string of the molecule is O=C(NCC1CC1)C1=NOC2(CCN(S(=O)(=O)c3ccc(F)cc3)C2)C1. The first kappa shape index (κ1) is 17.4. The zero-order valence-corrected chi connectivity index (χ0v) is 15.0. The number of hydrogen-bond donors (Lipinski definition) is 1. The van der Waals surface area contributed by atoms with E-state index in [2.05, 4.69) is 10.5 Å². The van der Waals surface area contributed by atoms with Gasteiger partial charge in [-0.25, -0.2) is 12.8 Å². The molecule has 7 nitrogen and oxygen atoms in total. The number of hydrogen-bond acceptors (Lipinski definition) is 5. The summed E-state index contributed by atoms with van der Waals surface area (Å²) in [5.74, 6) is -0.163. The molecule has 0 radical (unpaired) electrons. The molecule has 1 N–H and O–H groups in total. The number of amides is 1. The molecule has 1 spiro atoms. The Morgan fingerprint density at radius 3 is 2.77 bits per heavy atom. The van der Waals surface area contributed by atoms with E-state index in [4.69, 9.17) is 4.84 Å². The number of carbonyl (C=O) groups excluding carboxylic acids is 1. The van der Waals surface area contributed by atoms with Gasteiger partial charge in [0, 0.05) is 25.9 Å². The largest absolute Gasteiger partial charge is 0.387 e. The van der Waals surface area contributed by atoms with Gasteiger partial charge >= 0.3 is 0 Å². The second-order valence-corrected chi connectivity index (χ2v) is 9.12. The molecule has 9 heteroatoms. The van der Waals surface area contributed by atoms with E-state index in [0.717, 1.165) is 25.0 Å². The van der Waals surface area contributed by atoms with Gasteiger partial charge in [-0.05, 0) is 43.0 Å². The molecule has 26 heavy (non-hydrogen) atoms. The van der Waals surface area contributed by atoms with Gasteiger partial charge in [0.2, 0.25) is 10.0 Å². The molecule has 0 aromatic heterocycles. The maximum Gasteiger partial charge on any atom is 0.269 e. The number of halogens is 1. The Morgan fingerprint density at radius 1 is 1.35 bits per heavy atom. The van der Waals surface area contributed by atoms with Crippen molar-refractivity contribution in [2.45, 2.75) is 36.2 Å². The molecule has 2 heterocycles. The minimum absolute atomic E-state index is 0.0391. The summed E-state index contributed by atoms with van der Waals surface area (Å²) in [6.45, 7) is 1.04. The predicted molar refractivity (Wildman–Crippen MR) is 91.4 cm³/mol. The monoisotopic (exact) mass is 381 g/mol. The van der Waals surface area contributed by atoms with Crippen molar-refractivity contribution in [1.29, 1.82) is 0 Å². The molecule has 4 rings (SSSR count). The molecule has 140 valence electrons. The fraction of sp³-hybridized carbons (Fsp3) is 0.529. The van der Waals surface area contributed by atoms with E-state index in [1.54, 1.807) is 0 Å². The Bertz CT molecular complexity index is 851. The fourth-order valence-corrected chi connectivity index (χ4v) is 4.81. The molecule has 1 aliphatic carbocycles. The molecule has 1 amide bonds. The van der Waals surface area contributed by atoms with Crippen molar-refractivity contribution in [2.24, 2.45) is 11.1 Å². The third-order valence-corrected chi connectivity index (χ3v) is 6.94. The summed E-state index contributed by atoms with van der Waals surface area (Å²) < 4.78 is 39.8. The Hall–Kier alpha value is -2.00. The molecule has 2 aliphatic heterocycles. The van der Waals surface area contributed by atoms with E-state index < -0.39 is 21.4 Å². The van der Waals surface area contributed by atoms with Gasteiger partial charge in [-0.15, -0.1) is 0 Å². The van der Waals surface area contributed by atoms with E-state index in [1.807, 2.05) is 0 Å². The number of sulfonamides is 1. The van der Waals surface area contributed by atoms with Crippen LogP contribution in [0.5, 0.6) is 0 Å². The van der Waals surface area contributed by atoms with Crippen molar-refractivity contribution < 1.29 is 22.4 Å². The van der Waals surface area contributed by atoms with Crippen LogP contribution in [0.1, 0.15) is 25.7 Å². The van der Waals surface area contributed by atoms with Crippen LogP contribution in [0.2, 0.25) is 0 Å². The Morgan fingerprint density at radius 2 is 2.08 bits per heavy atom. The summed E-state index contributed by atoms with van der Waals surface area (Å²) >= 11 is 0. The number of rotatable bonds is 5. The van der Waals surface area contributed by atoms with Crippen molar-refractivity contribution >= 4 is 21.6 Å². The van der Waals surface area contributed by atoms with Crippen LogP contribution in [0.25, 0.3) is 0 Å². The molecule has 1 saturated carbocycles. The lowest BCUT2D eigenvalue weighted by Crippen LogP contribution is -2.38. The number of carbonyl (C=O) groups is 1. The van der Waals surface area contributed by atoms with Gasteiger partial charge in [-0.3, -0.25) is 4.79 Å². The second kappa shape index (κ2) is 6.31. The van der Waals surface area contributed by atoms with Crippen LogP contribution in [0, 0.1) is 11.7 Å². The van der Waals surface area contributed by atoms with Crippen molar-refractivity contribution in [2.75, 3.05) is 19.6 Å². The van der Waals surface area contributed by atoms with E-state index in [9.17, 15) is 17.6 Å². The topological polar surface area (TPSA) is 88.1 Å². The maximum absolute atomic E-state index is 13.0. The van der Waals surface area contributed by atoms with Crippen LogP contribution in [-0.2, 0) is 19.7 Å². The van der Waals surface area contributed by atoms with Gasteiger partial charge < -0.3 is 10.2 Å². The second-order valence-electron chi connectivity index (χ2n) is 7.18. The normalized spacial score (nSPS) is 26.0. The zero-order valence-electron chi connectivity index (χ0n) is 14.2. The highest BCUT2D eigenvalue weighted by molar-refractivity contribution is 7.89. The van der Waals surface area contributed by atoms with Crippen LogP contribution in [-0.4, -0.2) is 49.6 Å². The lowest BCUT2D eigenvalue weighted by molar-refractivity contribution is -0.115. The fourth-order valence-electron chi connectivity index (χ4n) is 3.29. The molecular formula is C17H20FN3O4S. The highest BCUT2D eigenvalue weighted by atomic mass is 32.2. The summed E-state index contributed by atoms with van der Waals surface area (Å²) in [5, 5.41) is 6.75. The van der Waals surface area contributed by atoms with Crippen molar-refractivity contribution in [3.05, 3.63) is 30.1 Å². The third kappa shape index (κ3) is 3.33. The number of benzene rings is 1. The lowest BCUT2D eigenvalue weighted by atomic mass is 9.96. The van der Waals surface area contributed by atoms with Crippen LogP contribution in [0.15, 0.2) is 34.3 Å². The van der Waals surface area contributed by atoms with Crippen molar-refractivity contribution in [3.8, 4) is 0 Å². The van der Waals surface area contributed by atoms with Crippen molar-refractivity contribution in [1.82, 2.24) is 9.62 Å². The van der Waals surface area contributed by atoms with E-state index in [-0.39, 0.29) is 23.9 Å². The summed E-state index contributed by atoms with van der Waals surface area (Å²) in [6.07, 6.45) is 3.03. The summed E-state index contributed by atoms with van der Waals surface area (Å²) in [5.41, 5.74) is -0.481. The molecule has 1 aromatic carbocycles. The first-order valence-corrected chi connectivity index (χ1v) is 10.1. The minimum atomic E-state index is -3.73. The highest BCUT2D eigenvalue weighted by Gasteiger charge is 2.49. The van der Waals surface area contributed by atoms with E-state index in [1.165, 1.54) is 16.4 Å². The molecule has 1 unspecified atom stereocenters. The average molecular weight is 381 g/mol. The molecule has 0 bridgehead atoms. The van der Waals surface area contributed by atoms with Gasteiger partial charge in [0.1, 0.15) is 11.5 Å².